The van der Waals surface area contributed by atoms with Crippen LogP contribution in [0.25, 0.3) is 0 Å². The van der Waals surface area contributed by atoms with Crippen molar-refractivity contribution in [2.45, 2.75) is 32.7 Å². The number of hydrogen-bond donors (Lipinski definition) is 2. The number of hydroxylamine groups is 1. The van der Waals surface area contributed by atoms with Crippen molar-refractivity contribution in [3.8, 4) is 0 Å². The third-order valence-corrected chi connectivity index (χ3v) is 3.98. The Kier molecular flexibility index (Phi) is 5.87. The quantitative estimate of drug-likeness (QED) is 0.579. The summed E-state index contributed by atoms with van der Waals surface area (Å²) in [5.41, 5.74) is 3.03. The molecule has 9 heteroatoms. The van der Waals surface area contributed by atoms with E-state index in [2.05, 4.69) is 15.8 Å². The van der Waals surface area contributed by atoms with E-state index in [4.69, 9.17) is 14.3 Å². The van der Waals surface area contributed by atoms with E-state index in [1.807, 2.05) is 0 Å². The number of nitrogens with zero attached hydrogens (tertiary/aromatic N) is 1. The van der Waals surface area contributed by atoms with E-state index in [1.54, 1.807) is 26.8 Å². The second kappa shape index (κ2) is 8.17. The van der Waals surface area contributed by atoms with Gasteiger partial charge in [-0.3, -0.25) is 9.63 Å². The maximum Gasteiger partial charge on any atom is 0.278 e. The predicted octanol–water partition coefficient (Wildman–Crippen LogP) is 3.22. The summed E-state index contributed by atoms with van der Waals surface area (Å²) in [6.45, 7) is 5.69. The van der Waals surface area contributed by atoms with Crippen molar-refractivity contribution in [1.29, 1.82) is 0 Å². The molecule has 1 atom stereocenters. The molecular formula is C19H21F2N3O4. The fourth-order valence-corrected chi connectivity index (χ4v) is 2.66. The van der Waals surface area contributed by atoms with Gasteiger partial charge in [0.05, 0.1) is 17.9 Å². The molecule has 1 aliphatic rings. The molecule has 3 rings (SSSR count). The summed E-state index contributed by atoms with van der Waals surface area (Å²) in [5, 5.41) is 2.64. The minimum atomic E-state index is -0.814. The minimum Gasteiger partial charge on any atom is -0.348 e. The van der Waals surface area contributed by atoms with Gasteiger partial charge in [0.15, 0.2) is 5.79 Å². The lowest BCUT2D eigenvalue weighted by molar-refractivity contribution is -0.147. The fraction of sp³-hybridized carbons (Fsp3) is 0.368. The number of anilines is 2. The molecule has 1 amide bonds. The summed E-state index contributed by atoms with van der Waals surface area (Å²) < 4.78 is 38.6. The number of halogens is 2. The van der Waals surface area contributed by atoms with Gasteiger partial charge in [0.1, 0.15) is 24.3 Å². The minimum absolute atomic E-state index is 0.00899. The zero-order valence-corrected chi connectivity index (χ0v) is 15.7. The van der Waals surface area contributed by atoms with Gasteiger partial charge in [-0.15, -0.1) is 0 Å². The van der Waals surface area contributed by atoms with Crippen LogP contribution in [-0.4, -0.2) is 36.0 Å². The Morgan fingerprint density at radius 1 is 1.32 bits per heavy atom. The van der Waals surface area contributed by atoms with Crippen LogP contribution >= 0.6 is 0 Å². The molecule has 1 aliphatic heterocycles. The number of aryl methyl sites for hydroxylation is 1. The van der Waals surface area contributed by atoms with Gasteiger partial charge < -0.3 is 14.8 Å². The number of carbonyl (C=O) groups excluding carboxylic acids is 1. The molecule has 0 bridgehead atoms. The van der Waals surface area contributed by atoms with E-state index in [9.17, 15) is 13.6 Å². The second-order valence-corrected chi connectivity index (χ2v) is 6.83. The molecule has 0 saturated carbocycles. The highest BCUT2D eigenvalue weighted by atomic mass is 19.1. The third-order valence-electron chi connectivity index (χ3n) is 3.98. The first-order chi connectivity index (χ1) is 13.2. The number of benzene rings is 1. The molecule has 150 valence electrons. The van der Waals surface area contributed by atoms with Crippen LogP contribution in [0.4, 0.5) is 20.3 Å². The predicted molar refractivity (Wildman–Crippen MR) is 96.9 cm³/mol. The largest absolute Gasteiger partial charge is 0.348 e. The smallest absolute Gasteiger partial charge is 0.278 e. The van der Waals surface area contributed by atoms with E-state index in [1.165, 1.54) is 18.2 Å². The van der Waals surface area contributed by atoms with Crippen molar-refractivity contribution in [2.75, 3.05) is 18.5 Å². The molecular weight excluding hydrogens is 372 g/mol. The van der Waals surface area contributed by atoms with Crippen molar-refractivity contribution in [3.63, 3.8) is 0 Å². The monoisotopic (exact) mass is 393 g/mol. The molecule has 2 aromatic rings. The number of hydrogen-bond acceptors (Lipinski definition) is 6. The van der Waals surface area contributed by atoms with Gasteiger partial charge in [-0.2, -0.15) is 4.39 Å². The van der Waals surface area contributed by atoms with E-state index in [0.717, 1.165) is 11.6 Å². The van der Waals surface area contributed by atoms with Crippen molar-refractivity contribution in [1.82, 2.24) is 10.5 Å². The highest BCUT2D eigenvalue weighted by Gasteiger charge is 2.33. The van der Waals surface area contributed by atoms with Crippen molar-refractivity contribution in [2.24, 2.45) is 0 Å². The Balaban J connectivity index is 1.66. The van der Waals surface area contributed by atoms with Gasteiger partial charge in [-0.25, -0.2) is 14.9 Å². The topological polar surface area (TPSA) is 81.7 Å². The third kappa shape index (κ3) is 5.00. The molecule has 0 radical (unpaired) electrons. The molecule has 2 N–H and O–H groups in total. The van der Waals surface area contributed by atoms with Crippen molar-refractivity contribution >= 4 is 17.4 Å². The van der Waals surface area contributed by atoms with Gasteiger partial charge in [0.2, 0.25) is 5.95 Å². The summed E-state index contributed by atoms with van der Waals surface area (Å²) in [6.07, 6.45) is -0.333. The van der Waals surface area contributed by atoms with Crippen LogP contribution < -0.4 is 10.8 Å². The van der Waals surface area contributed by atoms with Gasteiger partial charge in [-0.05, 0) is 50.6 Å². The summed E-state index contributed by atoms with van der Waals surface area (Å²) >= 11 is 0. The molecule has 28 heavy (non-hydrogen) atoms. The number of nitrogens with one attached hydrogen (secondary N) is 2. The first-order valence-electron chi connectivity index (χ1n) is 8.67. The molecule has 7 nitrogen and oxygen atoms in total. The number of amides is 1. The second-order valence-electron chi connectivity index (χ2n) is 6.83. The Morgan fingerprint density at radius 2 is 2.11 bits per heavy atom. The van der Waals surface area contributed by atoms with Crippen LogP contribution in [-0.2, 0) is 14.3 Å². The summed E-state index contributed by atoms with van der Waals surface area (Å²) in [4.78, 5) is 21.2. The Bertz CT molecular complexity index is 876. The molecule has 1 aromatic heterocycles. The number of pyridine rings is 1. The first kappa shape index (κ1) is 20.1. The number of aromatic nitrogens is 1. The molecule has 0 spiro atoms. The zero-order chi connectivity index (χ0) is 20.3. The molecule has 1 fully saturated rings. The molecule has 2 heterocycles. The molecule has 0 unspecified atom stereocenters. The van der Waals surface area contributed by atoms with Crippen LogP contribution in [0.3, 0.4) is 0 Å². The van der Waals surface area contributed by atoms with Crippen LogP contribution in [0.2, 0.25) is 0 Å². The fourth-order valence-electron chi connectivity index (χ4n) is 2.66. The van der Waals surface area contributed by atoms with Gasteiger partial charge in [0.25, 0.3) is 5.91 Å². The number of rotatable bonds is 6. The van der Waals surface area contributed by atoms with E-state index < -0.39 is 23.5 Å². The maximum atomic E-state index is 14.1. The Morgan fingerprint density at radius 3 is 2.79 bits per heavy atom. The lowest BCUT2D eigenvalue weighted by Gasteiger charge is -2.17. The molecule has 0 aliphatic carbocycles. The molecule has 1 aromatic carbocycles. The summed E-state index contributed by atoms with van der Waals surface area (Å²) in [7, 11) is 0. The highest BCUT2D eigenvalue weighted by Crippen LogP contribution is 2.24. The maximum absolute atomic E-state index is 14.1. The van der Waals surface area contributed by atoms with Crippen molar-refractivity contribution in [3.05, 3.63) is 53.2 Å². The van der Waals surface area contributed by atoms with Gasteiger partial charge in [-0.1, -0.05) is 6.07 Å². The Labute approximate surface area is 161 Å². The van der Waals surface area contributed by atoms with Gasteiger partial charge in [0, 0.05) is 0 Å². The average Bonchev–Trinajstić information content (AvgIpc) is 2.96. The highest BCUT2D eigenvalue weighted by molar-refractivity contribution is 5.98. The number of carbonyl (C=O) groups is 1. The van der Waals surface area contributed by atoms with Gasteiger partial charge >= 0.3 is 0 Å². The van der Waals surface area contributed by atoms with E-state index in [0.29, 0.717) is 6.61 Å². The van der Waals surface area contributed by atoms with Crippen LogP contribution in [0.5, 0.6) is 0 Å². The van der Waals surface area contributed by atoms with E-state index in [-0.39, 0.29) is 29.8 Å². The van der Waals surface area contributed by atoms with Crippen molar-refractivity contribution < 1.29 is 27.9 Å². The summed E-state index contributed by atoms with van der Waals surface area (Å²) in [6, 6.07) is 6.73. The lowest BCUT2D eigenvalue weighted by Crippen LogP contribution is -2.31. The summed E-state index contributed by atoms with van der Waals surface area (Å²) in [5.74, 6) is -2.86. The van der Waals surface area contributed by atoms with Crippen LogP contribution in [0.1, 0.15) is 29.8 Å². The van der Waals surface area contributed by atoms with Crippen LogP contribution in [0.15, 0.2) is 30.3 Å². The van der Waals surface area contributed by atoms with Crippen LogP contribution in [0, 0.1) is 18.7 Å². The first-order valence-corrected chi connectivity index (χ1v) is 8.67. The Hall–Kier alpha value is -2.62. The SMILES string of the molecule is Cc1ccc(Nc2nc(F)ccc2C(=O)NOC[C@H]2COC(C)(C)O2)c(F)c1. The standard InChI is InChI=1S/C19H21F2N3O4/c1-11-4-6-15(14(20)8-11)22-17-13(5-7-16(21)23-17)18(25)24-27-10-12-9-26-19(2,3)28-12/h4-8,12H,9-10H2,1-3H3,(H,22,23)(H,24,25)/t12-/m1/s1. The normalized spacial score (nSPS) is 18.1. The number of ether oxygens (including phenoxy) is 2. The average molecular weight is 393 g/mol. The molecule has 1 saturated heterocycles. The lowest BCUT2D eigenvalue weighted by atomic mass is 10.2. The zero-order valence-electron chi connectivity index (χ0n) is 15.7. The van der Waals surface area contributed by atoms with E-state index >= 15 is 0 Å².